The van der Waals surface area contributed by atoms with Crippen molar-refractivity contribution in [1.82, 2.24) is 0 Å². The zero-order valence-corrected chi connectivity index (χ0v) is 11.5. The summed E-state index contributed by atoms with van der Waals surface area (Å²) in [6.45, 7) is 1.20. The lowest BCUT2D eigenvalue weighted by Gasteiger charge is -2.25. The van der Waals surface area contributed by atoms with Gasteiger partial charge in [-0.05, 0) is 30.7 Å². The summed E-state index contributed by atoms with van der Waals surface area (Å²) in [7, 11) is 0. The lowest BCUT2D eigenvalue weighted by atomic mass is 9.94. The molecule has 1 aliphatic rings. The second-order valence-electron chi connectivity index (χ2n) is 5.02. The van der Waals surface area contributed by atoms with Gasteiger partial charge >= 0.3 is 5.97 Å². The second kappa shape index (κ2) is 5.87. The molecule has 108 valence electrons. The van der Waals surface area contributed by atoms with Gasteiger partial charge < -0.3 is 14.6 Å². The fourth-order valence-electron chi connectivity index (χ4n) is 2.50. The van der Waals surface area contributed by atoms with Crippen LogP contribution < -0.4 is 9.47 Å². The molecule has 1 atom stereocenters. The number of hydrogen-bond donors (Lipinski definition) is 1. The zero-order valence-electron chi connectivity index (χ0n) is 11.5. The summed E-state index contributed by atoms with van der Waals surface area (Å²) in [5, 5.41) is 8.98. The molecule has 0 fully saturated rings. The number of benzene rings is 2. The molecule has 0 radical (unpaired) electrons. The van der Waals surface area contributed by atoms with Gasteiger partial charge in [0.05, 0.1) is 18.8 Å². The van der Waals surface area contributed by atoms with Crippen LogP contribution in [0.3, 0.4) is 0 Å². The Labute approximate surface area is 122 Å². The molecule has 4 heteroatoms. The number of fused-ring (bicyclic) bond motifs is 1. The number of para-hydroxylation sites is 1. The first kappa shape index (κ1) is 13.5. The summed E-state index contributed by atoms with van der Waals surface area (Å²) in [5.74, 6) is 0.816. The molecule has 1 unspecified atom stereocenters. The van der Waals surface area contributed by atoms with Crippen LogP contribution in [0.1, 0.15) is 28.3 Å². The lowest BCUT2D eigenvalue weighted by Crippen LogP contribution is -2.19. The van der Waals surface area contributed by atoms with Gasteiger partial charge in [-0.25, -0.2) is 4.79 Å². The molecule has 1 heterocycles. The van der Waals surface area contributed by atoms with Crippen LogP contribution >= 0.6 is 0 Å². The van der Waals surface area contributed by atoms with Crippen molar-refractivity contribution in [2.45, 2.75) is 12.3 Å². The lowest BCUT2D eigenvalue weighted by molar-refractivity contribution is 0.0696. The average molecular weight is 284 g/mol. The van der Waals surface area contributed by atoms with Crippen LogP contribution in [0.15, 0.2) is 48.5 Å². The number of rotatable bonds is 4. The molecule has 1 aliphatic heterocycles. The summed E-state index contributed by atoms with van der Waals surface area (Å²) in [6.07, 6.45) is 0.898. The van der Waals surface area contributed by atoms with Crippen LogP contribution in [0.4, 0.5) is 0 Å². The van der Waals surface area contributed by atoms with Crippen LogP contribution in [-0.4, -0.2) is 24.3 Å². The van der Waals surface area contributed by atoms with Crippen molar-refractivity contribution >= 4 is 5.97 Å². The molecule has 4 nitrogen and oxygen atoms in total. The second-order valence-corrected chi connectivity index (χ2v) is 5.02. The largest absolute Gasteiger partial charge is 0.493 e. The van der Waals surface area contributed by atoms with Crippen molar-refractivity contribution in [2.24, 2.45) is 0 Å². The fourth-order valence-corrected chi connectivity index (χ4v) is 2.50. The molecule has 0 saturated heterocycles. The molecular formula is C17H16O4. The van der Waals surface area contributed by atoms with Gasteiger partial charge in [0, 0.05) is 11.5 Å². The van der Waals surface area contributed by atoms with E-state index in [0.717, 1.165) is 17.7 Å². The van der Waals surface area contributed by atoms with Crippen molar-refractivity contribution in [3.63, 3.8) is 0 Å². The van der Waals surface area contributed by atoms with Crippen molar-refractivity contribution in [3.8, 4) is 11.5 Å². The molecule has 2 aromatic rings. The van der Waals surface area contributed by atoms with Gasteiger partial charge in [0.15, 0.2) is 0 Å². The van der Waals surface area contributed by atoms with E-state index < -0.39 is 5.97 Å². The minimum atomic E-state index is -0.947. The van der Waals surface area contributed by atoms with Crippen molar-refractivity contribution in [2.75, 3.05) is 13.2 Å². The maximum atomic E-state index is 11.0. The Balaban J connectivity index is 1.71. The van der Waals surface area contributed by atoms with Crippen LogP contribution in [0, 0.1) is 0 Å². The van der Waals surface area contributed by atoms with Gasteiger partial charge in [0.25, 0.3) is 0 Å². The Morgan fingerprint density at radius 2 is 2.10 bits per heavy atom. The molecule has 21 heavy (non-hydrogen) atoms. The topological polar surface area (TPSA) is 55.8 Å². The van der Waals surface area contributed by atoms with Crippen LogP contribution in [0.5, 0.6) is 11.5 Å². The van der Waals surface area contributed by atoms with E-state index in [-0.39, 0.29) is 11.5 Å². The van der Waals surface area contributed by atoms with E-state index in [4.69, 9.17) is 14.6 Å². The van der Waals surface area contributed by atoms with E-state index in [1.807, 2.05) is 18.2 Å². The molecule has 2 aromatic carbocycles. The predicted molar refractivity (Wildman–Crippen MR) is 78.2 cm³/mol. The van der Waals surface area contributed by atoms with E-state index in [0.29, 0.717) is 19.0 Å². The summed E-state index contributed by atoms with van der Waals surface area (Å²) < 4.78 is 11.4. The standard InChI is InChI=1S/C17H16O4/c18-17(19)12-4-3-5-14(10-12)21-11-13-8-9-20-16-7-2-1-6-15(13)16/h1-7,10,13H,8-9,11H2,(H,18,19). The van der Waals surface area contributed by atoms with E-state index in [1.165, 1.54) is 0 Å². The van der Waals surface area contributed by atoms with Gasteiger partial charge in [0.2, 0.25) is 0 Å². The van der Waals surface area contributed by atoms with Gasteiger partial charge in [-0.3, -0.25) is 0 Å². The number of hydrogen-bond acceptors (Lipinski definition) is 3. The number of ether oxygens (including phenoxy) is 2. The third kappa shape index (κ3) is 2.99. The highest BCUT2D eigenvalue weighted by atomic mass is 16.5. The molecule has 0 aliphatic carbocycles. The summed E-state index contributed by atoms with van der Waals surface area (Å²) >= 11 is 0. The van der Waals surface area contributed by atoms with E-state index in [2.05, 4.69) is 6.07 Å². The Hall–Kier alpha value is -2.49. The van der Waals surface area contributed by atoms with Gasteiger partial charge in [-0.1, -0.05) is 24.3 Å². The third-order valence-corrected chi connectivity index (χ3v) is 3.61. The SMILES string of the molecule is O=C(O)c1cccc(OCC2CCOc3ccccc32)c1. The first-order valence-corrected chi connectivity index (χ1v) is 6.92. The van der Waals surface area contributed by atoms with Gasteiger partial charge in [-0.2, -0.15) is 0 Å². The minimum absolute atomic E-state index is 0.236. The molecule has 3 rings (SSSR count). The monoisotopic (exact) mass is 284 g/mol. The quantitative estimate of drug-likeness (QED) is 0.935. The molecule has 0 aromatic heterocycles. The molecular weight excluding hydrogens is 268 g/mol. The number of carboxylic acids is 1. The highest BCUT2D eigenvalue weighted by Gasteiger charge is 2.21. The maximum absolute atomic E-state index is 11.0. The van der Waals surface area contributed by atoms with E-state index >= 15 is 0 Å². The molecule has 0 bridgehead atoms. The molecule has 0 spiro atoms. The highest BCUT2D eigenvalue weighted by Crippen LogP contribution is 2.33. The third-order valence-electron chi connectivity index (χ3n) is 3.61. The normalized spacial score (nSPS) is 16.7. The smallest absolute Gasteiger partial charge is 0.335 e. The van der Waals surface area contributed by atoms with Gasteiger partial charge in [0.1, 0.15) is 11.5 Å². The number of carbonyl (C=O) groups is 1. The van der Waals surface area contributed by atoms with Crippen molar-refractivity contribution in [1.29, 1.82) is 0 Å². The minimum Gasteiger partial charge on any atom is -0.493 e. The summed E-state index contributed by atoms with van der Waals surface area (Å²) in [4.78, 5) is 11.0. The maximum Gasteiger partial charge on any atom is 0.335 e. The molecule has 0 amide bonds. The number of aromatic carboxylic acids is 1. The van der Waals surface area contributed by atoms with Gasteiger partial charge in [-0.15, -0.1) is 0 Å². The first-order valence-electron chi connectivity index (χ1n) is 6.92. The molecule has 0 saturated carbocycles. The van der Waals surface area contributed by atoms with Crippen molar-refractivity contribution in [3.05, 3.63) is 59.7 Å². The Kier molecular flexibility index (Phi) is 3.77. The Morgan fingerprint density at radius 3 is 2.95 bits per heavy atom. The van der Waals surface area contributed by atoms with Crippen LogP contribution in [0.2, 0.25) is 0 Å². The summed E-state index contributed by atoms with van der Waals surface area (Å²) in [6, 6.07) is 14.5. The van der Waals surface area contributed by atoms with E-state index in [1.54, 1.807) is 24.3 Å². The fraction of sp³-hybridized carbons (Fsp3) is 0.235. The highest BCUT2D eigenvalue weighted by molar-refractivity contribution is 5.87. The number of carboxylic acid groups (broad SMARTS) is 1. The Morgan fingerprint density at radius 1 is 1.24 bits per heavy atom. The zero-order chi connectivity index (χ0) is 14.7. The van der Waals surface area contributed by atoms with E-state index in [9.17, 15) is 4.79 Å². The molecule has 1 N–H and O–H groups in total. The summed E-state index contributed by atoms with van der Waals surface area (Å²) in [5.41, 5.74) is 1.39. The van der Waals surface area contributed by atoms with Crippen LogP contribution in [0.25, 0.3) is 0 Å². The predicted octanol–water partition coefficient (Wildman–Crippen LogP) is 3.33. The first-order chi connectivity index (χ1) is 10.2. The van der Waals surface area contributed by atoms with Crippen LogP contribution in [-0.2, 0) is 0 Å². The van der Waals surface area contributed by atoms with Crippen molar-refractivity contribution < 1.29 is 19.4 Å². The Bertz CT molecular complexity index is 651. The average Bonchev–Trinajstić information content (AvgIpc) is 2.53.